The molecule has 0 aliphatic heterocycles. The lowest BCUT2D eigenvalue weighted by atomic mass is 10.0. The highest BCUT2D eigenvalue weighted by Gasteiger charge is 2.17. The summed E-state index contributed by atoms with van der Waals surface area (Å²) >= 11 is 0. The molecule has 1 unspecified atom stereocenters. The summed E-state index contributed by atoms with van der Waals surface area (Å²) in [4.78, 5) is 13.4. The second-order valence-electron chi connectivity index (χ2n) is 5.00. The molecule has 0 aliphatic rings. The second kappa shape index (κ2) is 5.97. The summed E-state index contributed by atoms with van der Waals surface area (Å²) in [7, 11) is 0. The van der Waals surface area contributed by atoms with Crippen molar-refractivity contribution < 1.29 is 0 Å². The molecule has 0 fully saturated rings. The lowest BCUT2D eigenvalue weighted by Gasteiger charge is -2.19. The lowest BCUT2D eigenvalue weighted by molar-refractivity contribution is 0.615. The molecule has 0 spiro atoms. The van der Waals surface area contributed by atoms with Gasteiger partial charge in [-0.2, -0.15) is 0 Å². The van der Waals surface area contributed by atoms with Gasteiger partial charge in [-0.05, 0) is 19.5 Å². The van der Waals surface area contributed by atoms with Crippen LogP contribution in [0.1, 0.15) is 29.9 Å². The molecule has 2 aromatic heterocycles. The highest BCUT2D eigenvalue weighted by atomic mass is 14.9. The zero-order valence-corrected chi connectivity index (χ0v) is 12.2. The van der Waals surface area contributed by atoms with Gasteiger partial charge in [0.25, 0.3) is 0 Å². The van der Waals surface area contributed by atoms with Crippen LogP contribution in [-0.4, -0.2) is 21.5 Å². The number of para-hydroxylation sites is 1. The van der Waals surface area contributed by atoms with Gasteiger partial charge in [-0.15, -0.1) is 0 Å². The van der Waals surface area contributed by atoms with Gasteiger partial charge in [0.15, 0.2) is 0 Å². The van der Waals surface area contributed by atoms with Crippen LogP contribution < -0.4 is 5.32 Å². The number of nitrogens with zero attached hydrogens (tertiary/aromatic N) is 3. The average Bonchev–Trinajstić information content (AvgIpc) is 2.53. The second-order valence-corrected chi connectivity index (χ2v) is 5.00. The first-order valence-electron chi connectivity index (χ1n) is 7.15. The Kier molecular flexibility index (Phi) is 3.88. The fourth-order valence-corrected chi connectivity index (χ4v) is 2.49. The van der Waals surface area contributed by atoms with Gasteiger partial charge in [-0.25, -0.2) is 0 Å². The van der Waals surface area contributed by atoms with Crippen LogP contribution in [0.4, 0.5) is 0 Å². The van der Waals surface area contributed by atoms with Crippen LogP contribution in [0.15, 0.2) is 48.9 Å². The summed E-state index contributed by atoms with van der Waals surface area (Å²) in [6, 6.07) is 10.3. The van der Waals surface area contributed by atoms with E-state index in [1.165, 1.54) is 0 Å². The van der Waals surface area contributed by atoms with E-state index >= 15 is 0 Å². The smallest absolute Gasteiger partial charge is 0.0802 e. The predicted octanol–water partition coefficient (Wildman–Crippen LogP) is 3.03. The minimum absolute atomic E-state index is 0.00157. The van der Waals surface area contributed by atoms with E-state index in [0.29, 0.717) is 0 Å². The van der Waals surface area contributed by atoms with Crippen molar-refractivity contribution in [3.05, 3.63) is 65.9 Å². The molecule has 106 valence electrons. The molecule has 4 heteroatoms. The van der Waals surface area contributed by atoms with E-state index in [1.807, 2.05) is 25.4 Å². The highest BCUT2D eigenvalue weighted by Crippen LogP contribution is 2.26. The van der Waals surface area contributed by atoms with Gasteiger partial charge in [-0.3, -0.25) is 15.0 Å². The van der Waals surface area contributed by atoms with Gasteiger partial charge in [0.05, 0.1) is 29.1 Å². The summed E-state index contributed by atoms with van der Waals surface area (Å²) in [5.74, 6) is 0. The van der Waals surface area contributed by atoms with E-state index in [-0.39, 0.29) is 6.04 Å². The molecular formula is C17H18N4. The SMILES string of the molecule is CCNC(c1cnc(C)cn1)c1cccc2cccnc12. The first-order valence-corrected chi connectivity index (χ1v) is 7.15. The van der Waals surface area contributed by atoms with Crippen molar-refractivity contribution in [3.8, 4) is 0 Å². The number of benzene rings is 1. The van der Waals surface area contributed by atoms with Crippen molar-refractivity contribution in [2.75, 3.05) is 6.54 Å². The Bertz CT molecular complexity index is 732. The van der Waals surface area contributed by atoms with E-state index in [2.05, 4.69) is 51.5 Å². The Balaban J connectivity index is 2.13. The molecule has 0 radical (unpaired) electrons. The van der Waals surface area contributed by atoms with Gasteiger partial charge < -0.3 is 5.32 Å². The molecule has 21 heavy (non-hydrogen) atoms. The third-order valence-electron chi connectivity index (χ3n) is 3.48. The third kappa shape index (κ3) is 2.76. The Morgan fingerprint density at radius 3 is 2.67 bits per heavy atom. The van der Waals surface area contributed by atoms with Crippen molar-refractivity contribution >= 4 is 10.9 Å². The molecule has 0 amide bonds. The van der Waals surface area contributed by atoms with Crippen LogP contribution in [0.5, 0.6) is 0 Å². The maximum Gasteiger partial charge on any atom is 0.0802 e. The zero-order chi connectivity index (χ0) is 14.7. The van der Waals surface area contributed by atoms with Crippen LogP contribution >= 0.6 is 0 Å². The minimum atomic E-state index is 0.00157. The number of aryl methyl sites for hydroxylation is 1. The Morgan fingerprint density at radius 1 is 1.05 bits per heavy atom. The maximum atomic E-state index is 4.54. The molecule has 1 N–H and O–H groups in total. The summed E-state index contributed by atoms with van der Waals surface area (Å²) < 4.78 is 0. The summed E-state index contributed by atoms with van der Waals surface area (Å²) in [6.07, 6.45) is 5.47. The van der Waals surface area contributed by atoms with E-state index in [9.17, 15) is 0 Å². The number of hydrogen-bond donors (Lipinski definition) is 1. The maximum absolute atomic E-state index is 4.54. The standard InChI is InChI=1S/C17H18N4/c1-3-18-17(15-11-20-12(2)10-21-15)14-8-4-6-13-7-5-9-19-16(13)14/h4-11,17-18H,3H2,1-2H3. The predicted molar refractivity (Wildman–Crippen MR) is 84.0 cm³/mol. The van der Waals surface area contributed by atoms with Gasteiger partial charge in [0, 0.05) is 23.3 Å². The van der Waals surface area contributed by atoms with Gasteiger partial charge in [0.2, 0.25) is 0 Å². The van der Waals surface area contributed by atoms with Gasteiger partial charge in [-0.1, -0.05) is 31.2 Å². The van der Waals surface area contributed by atoms with E-state index in [0.717, 1.165) is 34.4 Å². The van der Waals surface area contributed by atoms with Crippen LogP contribution in [-0.2, 0) is 0 Å². The van der Waals surface area contributed by atoms with Crippen LogP contribution in [0, 0.1) is 6.92 Å². The first-order chi connectivity index (χ1) is 10.3. The molecule has 0 bridgehead atoms. The minimum Gasteiger partial charge on any atom is -0.305 e. The molecule has 4 nitrogen and oxygen atoms in total. The van der Waals surface area contributed by atoms with Crippen LogP contribution in [0.3, 0.4) is 0 Å². The lowest BCUT2D eigenvalue weighted by Crippen LogP contribution is -2.23. The number of aromatic nitrogens is 3. The molecular weight excluding hydrogens is 260 g/mol. The quantitative estimate of drug-likeness (QED) is 0.797. The number of nitrogens with one attached hydrogen (secondary N) is 1. The molecule has 3 rings (SSSR count). The van der Waals surface area contributed by atoms with Crippen molar-refractivity contribution in [3.63, 3.8) is 0 Å². The molecule has 0 saturated carbocycles. The first kappa shape index (κ1) is 13.6. The molecule has 2 heterocycles. The largest absolute Gasteiger partial charge is 0.305 e. The average molecular weight is 278 g/mol. The van der Waals surface area contributed by atoms with E-state index < -0.39 is 0 Å². The van der Waals surface area contributed by atoms with Gasteiger partial charge >= 0.3 is 0 Å². The van der Waals surface area contributed by atoms with Crippen molar-refractivity contribution in [2.24, 2.45) is 0 Å². The van der Waals surface area contributed by atoms with E-state index in [1.54, 1.807) is 6.20 Å². The molecule has 1 atom stereocenters. The Morgan fingerprint density at radius 2 is 1.90 bits per heavy atom. The number of pyridine rings is 1. The molecule has 3 aromatic rings. The van der Waals surface area contributed by atoms with Crippen molar-refractivity contribution in [2.45, 2.75) is 19.9 Å². The number of rotatable bonds is 4. The number of fused-ring (bicyclic) bond motifs is 1. The number of hydrogen-bond acceptors (Lipinski definition) is 4. The third-order valence-corrected chi connectivity index (χ3v) is 3.48. The fraction of sp³-hybridized carbons (Fsp3) is 0.235. The normalized spacial score (nSPS) is 12.5. The molecule has 0 aliphatic carbocycles. The molecule has 1 aromatic carbocycles. The molecule has 0 saturated heterocycles. The van der Waals surface area contributed by atoms with Gasteiger partial charge in [0.1, 0.15) is 0 Å². The monoisotopic (exact) mass is 278 g/mol. The van der Waals surface area contributed by atoms with E-state index in [4.69, 9.17) is 0 Å². The van der Waals surface area contributed by atoms with Crippen LogP contribution in [0.2, 0.25) is 0 Å². The fourth-order valence-electron chi connectivity index (χ4n) is 2.49. The summed E-state index contributed by atoms with van der Waals surface area (Å²) in [6.45, 7) is 4.88. The summed E-state index contributed by atoms with van der Waals surface area (Å²) in [5, 5.41) is 4.62. The Hall–Kier alpha value is -2.33. The van der Waals surface area contributed by atoms with Crippen LogP contribution in [0.25, 0.3) is 10.9 Å². The zero-order valence-electron chi connectivity index (χ0n) is 12.2. The summed E-state index contributed by atoms with van der Waals surface area (Å²) in [5.41, 5.74) is 3.98. The highest BCUT2D eigenvalue weighted by molar-refractivity contribution is 5.82. The van der Waals surface area contributed by atoms with Crippen molar-refractivity contribution in [1.82, 2.24) is 20.3 Å². The van der Waals surface area contributed by atoms with Crippen molar-refractivity contribution in [1.29, 1.82) is 0 Å². The topological polar surface area (TPSA) is 50.7 Å². The Labute approximate surface area is 124 Å².